The number of fused-ring (bicyclic) bond motifs is 1. The summed E-state index contributed by atoms with van der Waals surface area (Å²) in [6.45, 7) is 4.17. The van der Waals surface area contributed by atoms with Crippen LogP contribution < -0.4 is 14.4 Å². The van der Waals surface area contributed by atoms with Gasteiger partial charge in [-0.05, 0) is 48.1 Å². The fraction of sp³-hybridized carbons (Fsp3) is 0.364. The van der Waals surface area contributed by atoms with Crippen molar-refractivity contribution in [2.45, 2.75) is 25.2 Å². The van der Waals surface area contributed by atoms with Gasteiger partial charge < -0.3 is 14.4 Å². The first-order chi connectivity index (χ1) is 13.5. The zero-order valence-corrected chi connectivity index (χ0v) is 17.2. The van der Waals surface area contributed by atoms with E-state index in [1.807, 2.05) is 24.3 Å². The lowest BCUT2D eigenvalue weighted by Crippen LogP contribution is -2.41. The van der Waals surface area contributed by atoms with Gasteiger partial charge in [-0.25, -0.2) is 0 Å². The van der Waals surface area contributed by atoms with Crippen LogP contribution in [0.1, 0.15) is 25.3 Å². The van der Waals surface area contributed by atoms with Crippen LogP contribution in [-0.2, 0) is 5.41 Å². The number of halogens is 1. The molecule has 0 unspecified atom stereocenters. The molecule has 1 aromatic heterocycles. The first kappa shape index (κ1) is 18.8. The molecule has 3 aromatic rings. The Kier molecular flexibility index (Phi) is 5.02. The predicted octanol–water partition coefficient (Wildman–Crippen LogP) is 4.86. The van der Waals surface area contributed by atoms with Gasteiger partial charge in [-0.1, -0.05) is 30.7 Å². The largest absolute Gasteiger partial charge is 0.493 e. The number of piperidine rings is 1. The Hall–Kier alpha value is -2.53. The average Bonchev–Trinajstić information content (AvgIpc) is 2.73. The molecule has 0 radical (unpaired) electrons. The smallest absolute Gasteiger partial charge is 0.161 e. The molecule has 1 fully saturated rings. The molecular weight excluding hydrogens is 374 g/mol. The van der Waals surface area contributed by atoms with E-state index >= 15 is 0 Å². The number of methoxy groups -OCH3 is 2. The third-order valence-electron chi connectivity index (χ3n) is 5.85. The molecule has 0 amide bonds. The average molecular weight is 398 g/mol. The number of aromatic nitrogens is 2. The number of ether oxygens (including phenoxy) is 2. The Labute approximate surface area is 170 Å². The van der Waals surface area contributed by atoms with Gasteiger partial charge in [0, 0.05) is 28.9 Å². The van der Waals surface area contributed by atoms with Gasteiger partial charge in [0.05, 0.1) is 20.4 Å². The highest BCUT2D eigenvalue weighted by Crippen LogP contribution is 2.39. The molecule has 146 valence electrons. The van der Waals surface area contributed by atoms with Gasteiger partial charge in [-0.2, -0.15) is 5.10 Å². The topological polar surface area (TPSA) is 47.5 Å². The van der Waals surface area contributed by atoms with Gasteiger partial charge >= 0.3 is 0 Å². The van der Waals surface area contributed by atoms with Crippen LogP contribution in [0.4, 0.5) is 5.82 Å². The number of anilines is 1. The lowest BCUT2D eigenvalue weighted by Gasteiger charge is -2.40. The molecule has 1 saturated heterocycles. The molecule has 5 nitrogen and oxygen atoms in total. The summed E-state index contributed by atoms with van der Waals surface area (Å²) in [4.78, 5) is 2.32. The summed E-state index contributed by atoms with van der Waals surface area (Å²) >= 11 is 6.06. The number of rotatable bonds is 4. The zero-order valence-electron chi connectivity index (χ0n) is 16.4. The minimum Gasteiger partial charge on any atom is -0.493 e. The first-order valence-corrected chi connectivity index (χ1v) is 9.80. The van der Waals surface area contributed by atoms with Crippen LogP contribution in [0.3, 0.4) is 0 Å². The molecule has 0 spiro atoms. The van der Waals surface area contributed by atoms with Gasteiger partial charge in [0.2, 0.25) is 0 Å². The lowest BCUT2D eigenvalue weighted by molar-refractivity contribution is 0.355. The van der Waals surface area contributed by atoms with Gasteiger partial charge in [-0.3, -0.25) is 0 Å². The Morgan fingerprint density at radius 2 is 1.64 bits per heavy atom. The molecule has 28 heavy (non-hydrogen) atoms. The van der Waals surface area contributed by atoms with E-state index in [0.29, 0.717) is 11.5 Å². The summed E-state index contributed by atoms with van der Waals surface area (Å²) in [7, 11) is 3.29. The molecule has 2 aromatic carbocycles. The molecule has 0 atom stereocenters. The van der Waals surface area contributed by atoms with E-state index < -0.39 is 0 Å². The van der Waals surface area contributed by atoms with Crippen molar-refractivity contribution >= 4 is 28.2 Å². The van der Waals surface area contributed by atoms with Crippen LogP contribution in [0.5, 0.6) is 11.5 Å². The van der Waals surface area contributed by atoms with Crippen molar-refractivity contribution in [3.05, 3.63) is 53.2 Å². The zero-order chi connectivity index (χ0) is 19.7. The van der Waals surface area contributed by atoms with E-state index in [2.05, 4.69) is 34.2 Å². The number of benzene rings is 2. The lowest BCUT2D eigenvalue weighted by atomic mass is 9.74. The van der Waals surface area contributed by atoms with Gasteiger partial charge in [0.1, 0.15) is 0 Å². The highest BCUT2D eigenvalue weighted by Gasteiger charge is 2.32. The standard InChI is InChI=1S/C22H24ClN3O2/c1-22(16-4-6-17(23)7-5-16)8-10-26(11-9-22)21-18-13-20(28-3)19(27-2)12-15(18)14-24-25-21/h4-7,12-14H,8-11H2,1-3H3. The second-order valence-corrected chi connectivity index (χ2v) is 7.95. The molecule has 0 bridgehead atoms. The predicted molar refractivity (Wildman–Crippen MR) is 113 cm³/mol. The third-order valence-corrected chi connectivity index (χ3v) is 6.11. The summed E-state index contributed by atoms with van der Waals surface area (Å²) in [6.07, 6.45) is 3.85. The number of hydrogen-bond acceptors (Lipinski definition) is 5. The van der Waals surface area contributed by atoms with Crippen LogP contribution >= 0.6 is 11.6 Å². The maximum absolute atomic E-state index is 6.06. The van der Waals surface area contributed by atoms with Gasteiger partial charge in [0.25, 0.3) is 0 Å². The highest BCUT2D eigenvalue weighted by atomic mass is 35.5. The molecule has 2 heterocycles. The van der Waals surface area contributed by atoms with Crippen molar-refractivity contribution < 1.29 is 9.47 Å². The van der Waals surface area contributed by atoms with Gasteiger partial charge in [-0.15, -0.1) is 5.10 Å². The van der Waals surface area contributed by atoms with E-state index in [1.165, 1.54) is 5.56 Å². The van der Waals surface area contributed by atoms with Crippen molar-refractivity contribution in [1.82, 2.24) is 10.2 Å². The van der Waals surface area contributed by atoms with E-state index in [9.17, 15) is 0 Å². The van der Waals surface area contributed by atoms with Gasteiger partial charge in [0.15, 0.2) is 17.3 Å². The maximum Gasteiger partial charge on any atom is 0.161 e. The second-order valence-electron chi connectivity index (χ2n) is 7.52. The Morgan fingerprint density at radius 3 is 2.29 bits per heavy atom. The molecule has 1 aliphatic heterocycles. The summed E-state index contributed by atoms with van der Waals surface area (Å²) in [5.74, 6) is 2.30. The third kappa shape index (κ3) is 3.35. The highest BCUT2D eigenvalue weighted by molar-refractivity contribution is 6.30. The fourth-order valence-corrected chi connectivity index (χ4v) is 4.11. The summed E-state index contributed by atoms with van der Waals surface area (Å²) < 4.78 is 10.9. The molecule has 4 rings (SSSR count). The number of nitrogens with zero attached hydrogens (tertiary/aromatic N) is 3. The van der Waals surface area contributed by atoms with Crippen molar-refractivity contribution in [1.29, 1.82) is 0 Å². The molecule has 0 N–H and O–H groups in total. The quantitative estimate of drug-likeness (QED) is 0.629. The van der Waals surface area contributed by atoms with Crippen molar-refractivity contribution in [2.75, 3.05) is 32.2 Å². The SMILES string of the molecule is COc1cc2cnnc(N3CCC(C)(c4ccc(Cl)cc4)CC3)c2cc1OC. The first-order valence-electron chi connectivity index (χ1n) is 9.42. The Morgan fingerprint density at radius 1 is 1.00 bits per heavy atom. The molecule has 0 saturated carbocycles. The fourth-order valence-electron chi connectivity index (χ4n) is 3.98. The monoisotopic (exact) mass is 397 g/mol. The van der Waals surface area contributed by atoms with Crippen LogP contribution in [0.2, 0.25) is 5.02 Å². The maximum atomic E-state index is 6.06. The summed E-state index contributed by atoms with van der Waals surface area (Å²) in [5.41, 5.74) is 1.48. The van der Waals surface area contributed by atoms with Crippen molar-refractivity contribution in [3.8, 4) is 11.5 Å². The van der Waals surface area contributed by atoms with Crippen LogP contribution in [0, 0.1) is 0 Å². The summed E-state index contributed by atoms with van der Waals surface area (Å²) in [6, 6.07) is 12.2. The number of hydrogen-bond donors (Lipinski definition) is 0. The van der Waals surface area contributed by atoms with E-state index in [1.54, 1.807) is 20.4 Å². The van der Waals surface area contributed by atoms with Crippen molar-refractivity contribution in [3.63, 3.8) is 0 Å². The van der Waals surface area contributed by atoms with Crippen molar-refractivity contribution in [2.24, 2.45) is 0 Å². The van der Waals surface area contributed by atoms with Crippen LogP contribution in [0.15, 0.2) is 42.6 Å². The van der Waals surface area contributed by atoms with E-state index in [-0.39, 0.29) is 5.41 Å². The normalized spacial score (nSPS) is 16.2. The Bertz CT molecular complexity index is 983. The second kappa shape index (κ2) is 7.47. The minimum atomic E-state index is 0.139. The van der Waals surface area contributed by atoms with E-state index in [0.717, 1.165) is 47.5 Å². The van der Waals surface area contributed by atoms with Crippen LogP contribution in [-0.4, -0.2) is 37.5 Å². The molecule has 0 aliphatic carbocycles. The summed E-state index contributed by atoms with van der Waals surface area (Å²) in [5, 5.41) is 11.5. The Balaban J connectivity index is 1.62. The van der Waals surface area contributed by atoms with E-state index in [4.69, 9.17) is 21.1 Å². The molecular formula is C22H24ClN3O2. The van der Waals surface area contributed by atoms with Crippen LogP contribution in [0.25, 0.3) is 10.8 Å². The molecule has 1 aliphatic rings. The minimum absolute atomic E-state index is 0.139. The molecule has 6 heteroatoms.